The molecule has 0 radical (unpaired) electrons. The van der Waals surface area contributed by atoms with Crippen LogP contribution in [-0.2, 0) is 4.79 Å². The Bertz CT molecular complexity index is 380. The van der Waals surface area contributed by atoms with Gasteiger partial charge in [-0.3, -0.25) is 10.2 Å². The van der Waals surface area contributed by atoms with E-state index in [1.54, 1.807) is 4.90 Å². The van der Waals surface area contributed by atoms with E-state index in [9.17, 15) is 4.79 Å². The van der Waals surface area contributed by atoms with E-state index in [4.69, 9.17) is 5.41 Å². The molecule has 0 unspecified atom stereocenters. The van der Waals surface area contributed by atoms with Crippen LogP contribution in [0.1, 0.15) is 24.8 Å². The second-order valence-electron chi connectivity index (χ2n) is 4.09. The minimum atomic E-state index is -0.133. The number of carbonyl (C=O) groups excluding carboxylic acids is 1. The van der Waals surface area contributed by atoms with Crippen molar-refractivity contribution in [3.8, 4) is 0 Å². The van der Waals surface area contributed by atoms with Crippen molar-refractivity contribution in [3.05, 3.63) is 35.9 Å². The van der Waals surface area contributed by atoms with E-state index >= 15 is 0 Å². The monoisotopic (exact) mass is 216 g/mol. The molecule has 2 rings (SSSR count). The van der Waals surface area contributed by atoms with Gasteiger partial charge in [0.1, 0.15) is 5.71 Å². The quantitative estimate of drug-likeness (QED) is 0.756. The summed E-state index contributed by atoms with van der Waals surface area (Å²) in [4.78, 5) is 13.8. The van der Waals surface area contributed by atoms with Crippen LogP contribution in [0, 0.1) is 5.41 Å². The first-order valence-electron chi connectivity index (χ1n) is 5.72. The second kappa shape index (κ2) is 4.92. The van der Waals surface area contributed by atoms with Crippen molar-refractivity contribution in [1.29, 1.82) is 5.41 Å². The van der Waals surface area contributed by atoms with Gasteiger partial charge in [-0.25, -0.2) is 0 Å². The van der Waals surface area contributed by atoms with E-state index in [-0.39, 0.29) is 11.6 Å². The summed E-state index contributed by atoms with van der Waals surface area (Å²) in [6, 6.07) is 9.22. The van der Waals surface area contributed by atoms with Crippen molar-refractivity contribution in [2.75, 3.05) is 13.1 Å². The smallest absolute Gasteiger partial charge is 0.272 e. The Morgan fingerprint density at radius 1 is 1.06 bits per heavy atom. The zero-order valence-electron chi connectivity index (χ0n) is 9.28. The summed E-state index contributed by atoms with van der Waals surface area (Å²) in [5.74, 6) is -0.133. The number of benzene rings is 1. The first-order valence-corrected chi connectivity index (χ1v) is 5.72. The van der Waals surface area contributed by atoms with Gasteiger partial charge in [-0.15, -0.1) is 0 Å². The van der Waals surface area contributed by atoms with Crippen molar-refractivity contribution in [1.82, 2.24) is 4.90 Å². The Morgan fingerprint density at radius 2 is 1.69 bits per heavy atom. The van der Waals surface area contributed by atoms with Gasteiger partial charge in [-0.05, 0) is 19.3 Å². The maximum atomic E-state index is 12.0. The second-order valence-corrected chi connectivity index (χ2v) is 4.09. The normalized spacial score (nSPS) is 15.9. The molecule has 16 heavy (non-hydrogen) atoms. The molecule has 1 aliphatic heterocycles. The third-order valence-electron chi connectivity index (χ3n) is 2.92. The Balaban J connectivity index is 2.07. The number of nitrogens with zero attached hydrogens (tertiary/aromatic N) is 1. The lowest BCUT2D eigenvalue weighted by Crippen LogP contribution is -2.40. The topological polar surface area (TPSA) is 44.2 Å². The van der Waals surface area contributed by atoms with Crippen LogP contribution in [0.2, 0.25) is 0 Å². The maximum Gasteiger partial charge on any atom is 0.272 e. The van der Waals surface area contributed by atoms with Crippen LogP contribution in [0.25, 0.3) is 0 Å². The minimum Gasteiger partial charge on any atom is -0.337 e. The van der Waals surface area contributed by atoms with Crippen LogP contribution in [-0.4, -0.2) is 29.6 Å². The van der Waals surface area contributed by atoms with Gasteiger partial charge in [0.25, 0.3) is 5.91 Å². The van der Waals surface area contributed by atoms with Crippen LogP contribution >= 0.6 is 0 Å². The number of amides is 1. The number of rotatable bonds is 2. The van der Waals surface area contributed by atoms with Crippen LogP contribution in [0.4, 0.5) is 0 Å². The van der Waals surface area contributed by atoms with Gasteiger partial charge in [0, 0.05) is 18.7 Å². The molecule has 0 bridgehead atoms. The first kappa shape index (κ1) is 10.9. The SMILES string of the molecule is N=C(C(=O)N1CCCCC1)c1ccccc1. The summed E-state index contributed by atoms with van der Waals surface area (Å²) >= 11 is 0. The number of hydrogen-bond donors (Lipinski definition) is 1. The van der Waals surface area contributed by atoms with E-state index in [1.807, 2.05) is 30.3 Å². The van der Waals surface area contributed by atoms with Gasteiger partial charge in [-0.2, -0.15) is 0 Å². The van der Waals surface area contributed by atoms with Gasteiger partial charge in [0.2, 0.25) is 0 Å². The standard InChI is InChI=1S/C13H16N2O/c14-12(11-7-3-1-4-8-11)13(16)15-9-5-2-6-10-15/h1,3-4,7-8,14H,2,5-6,9-10H2. The van der Waals surface area contributed by atoms with Gasteiger partial charge in [0.05, 0.1) is 0 Å². The van der Waals surface area contributed by atoms with Crippen molar-refractivity contribution in [3.63, 3.8) is 0 Å². The summed E-state index contributed by atoms with van der Waals surface area (Å²) in [5, 5.41) is 7.88. The van der Waals surface area contributed by atoms with Crippen LogP contribution in [0.5, 0.6) is 0 Å². The van der Waals surface area contributed by atoms with Crippen molar-refractivity contribution >= 4 is 11.6 Å². The van der Waals surface area contributed by atoms with Gasteiger partial charge in [0.15, 0.2) is 0 Å². The molecule has 1 aromatic carbocycles. The number of likely N-dealkylation sites (tertiary alicyclic amines) is 1. The lowest BCUT2D eigenvalue weighted by molar-refractivity contribution is -0.124. The molecule has 0 aliphatic carbocycles. The molecular formula is C13H16N2O. The molecular weight excluding hydrogens is 200 g/mol. The molecule has 3 heteroatoms. The van der Waals surface area contributed by atoms with Crippen LogP contribution < -0.4 is 0 Å². The Morgan fingerprint density at radius 3 is 2.31 bits per heavy atom. The average Bonchev–Trinajstić information content (AvgIpc) is 2.39. The fourth-order valence-corrected chi connectivity index (χ4v) is 1.98. The van der Waals surface area contributed by atoms with E-state index in [0.29, 0.717) is 5.56 Å². The first-order chi connectivity index (χ1) is 7.79. The van der Waals surface area contributed by atoms with Gasteiger partial charge in [-0.1, -0.05) is 30.3 Å². The predicted octanol–water partition coefficient (Wildman–Crippen LogP) is 2.07. The molecule has 0 spiro atoms. The molecule has 1 aliphatic rings. The maximum absolute atomic E-state index is 12.0. The summed E-state index contributed by atoms with van der Waals surface area (Å²) in [6.45, 7) is 1.60. The van der Waals surface area contributed by atoms with Crippen LogP contribution in [0.15, 0.2) is 30.3 Å². The molecule has 1 saturated heterocycles. The fraction of sp³-hybridized carbons (Fsp3) is 0.385. The summed E-state index contributed by atoms with van der Waals surface area (Å²) in [7, 11) is 0. The number of carbonyl (C=O) groups is 1. The fourth-order valence-electron chi connectivity index (χ4n) is 1.98. The Labute approximate surface area is 95.6 Å². The molecule has 1 heterocycles. The summed E-state index contributed by atoms with van der Waals surface area (Å²) < 4.78 is 0. The highest BCUT2D eigenvalue weighted by molar-refractivity contribution is 6.43. The third-order valence-corrected chi connectivity index (χ3v) is 2.92. The summed E-state index contributed by atoms with van der Waals surface area (Å²) in [6.07, 6.45) is 3.32. The predicted molar refractivity (Wildman–Crippen MR) is 63.7 cm³/mol. The van der Waals surface area contributed by atoms with Gasteiger partial charge >= 0.3 is 0 Å². The molecule has 1 aromatic rings. The molecule has 0 atom stereocenters. The molecule has 3 nitrogen and oxygen atoms in total. The van der Waals surface area contributed by atoms with Gasteiger partial charge < -0.3 is 4.90 Å². The third kappa shape index (κ3) is 2.30. The zero-order valence-corrected chi connectivity index (χ0v) is 9.28. The number of piperidine rings is 1. The van der Waals surface area contributed by atoms with E-state index < -0.39 is 0 Å². The molecule has 1 N–H and O–H groups in total. The average molecular weight is 216 g/mol. The highest BCUT2D eigenvalue weighted by Gasteiger charge is 2.20. The van der Waals surface area contributed by atoms with Crippen molar-refractivity contribution in [2.24, 2.45) is 0 Å². The lowest BCUT2D eigenvalue weighted by atomic mass is 10.1. The van der Waals surface area contributed by atoms with E-state index in [1.165, 1.54) is 6.42 Å². The minimum absolute atomic E-state index is 0.113. The Hall–Kier alpha value is -1.64. The highest BCUT2D eigenvalue weighted by Crippen LogP contribution is 2.11. The number of nitrogens with one attached hydrogen (secondary N) is 1. The van der Waals surface area contributed by atoms with Crippen molar-refractivity contribution < 1.29 is 4.79 Å². The summed E-state index contributed by atoms with van der Waals surface area (Å²) in [5.41, 5.74) is 0.820. The van der Waals surface area contributed by atoms with Crippen LogP contribution in [0.3, 0.4) is 0 Å². The molecule has 1 amide bonds. The van der Waals surface area contributed by atoms with E-state index in [0.717, 1.165) is 25.9 Å². The molecule has 0 aromatic heterocycles. The largest absolute Gasteiger partial charge is 0.337 e. The highest BCUT2D eigenvalue weighted by atomic mass is 16.2. The van der Waals surface area contributed by atoms with E-state index in [2.05, 4.69) is 0 Å². The number of hydrogen-bond acceptors (Lipinski definition) is 2. The molecule has 0 saturated carbocycles. The zero-order chi connectivity index (χ0) is 11.4. The molecule has 1 fully saturated rings. The van der Waals surface area contributed by atoms with Crippen molar-refractivity contribution in [2.45, 2.75) is 19.3 Å². The lowest BCUT2D eigenvalue weighted by Gasteiger charge is -2.26. The Kier molecular flexibility index (Phi) is 3.34. The molecule has 84 valence electrons.